The summed E-state index contributed by atoms with van der Waals surface area (Å²) in [6, 6.07) is 13.1. The second-order valence-corrected chi connectivity index (χ2v) is 7.38. The van der Waals surface area contributed by atoms with Crippen molar-refractivity contribution >= 4 is 29.3 Å². The number of amides is 1. The average molecular weight is 385 g/mol. The first-order valence-corrected chi connectivity index (χ1v) is 10.0. The summed E-state index contributed by atoms with van der Waals surface area (Å²) in [7, 11) is 1.51. The standard InChI is InChI=1S/C21H23NO4S/c1-13-11-15-7-5-6-8-18(15)22(13)20(23)14(2)26-21(24)17-10-9-16(27-4)12-19(17)25-3/h5-10,12-14H,11H2,1-4H3/t13-,14+/m1/s1. The highest BCUT2D eigenvalue weighted by Crippen LogP contribution is 2.33. The quantitative estimate of drug-likeness (QED) is 0.576. The first-order valence-electron chi connectivity index (χ1n) is 8.80. The Labute approximate surface area is 163 Å². The first kappa shape index (κ1) is 19.3. The van der Waals surface area contributed by atoms with Gasteiger partial charge in [-0.2, -0.15) is 0 Å². The molecule has 6 heteroatoms. The van der Waals surface area contributed by atoms with Crippen LogP contribution < -0.4 is 9.64 Å². The molecule has 5 nitrogen and oxygen atoms in total. The van der Waals surface area contributed by atoms with Gasteiger partial charge in [0.05, 0.1) is 7.11 Å². The molecule has 3 rings (SSSR count). The van der Waals surface area contributed by atoms with Crippen molar-refractivity contribution in [3.05, 3.63) is 53.6 Å². The van der Waals surface area contributed by atoms with E-state index >= 15 is 0 Å². The van der Waals surface area contributed by atoms with E-state index in [2.05, 4.69) is 0 Å². The molecule has 0 N–H and O–H groups in total. The molecule has 1 aliphatic heterocycles. The number of benzene rings is 2. The second-order valence-electron chi connectivity index (χ2n) is 6.50. The monoisotopic (exact) mass is 385 g/mol. The van der Waals surface area contributed by atoms with Crippen molar-refractivity contribution in [2.45, 2.75) is 37.3 Å². The van der Waals surface area contributed by atoms with Gasteiger partial charge >= 0.3 is 5.97 Å². The number of anilines is 1. The van der Waals surface area contributed by atoms with Gasteiger partial charge in [0.2, 0.25) is 0 Å². The van der Waals surface area contributed by atoms with E-state index in [0.29, 0.717) is 11.3 Å². The maximum atomic E-state index is 13.0. The maximum absolute atomic E-state index is 13.0. The second kappa shape index (κ2) is 8.05. The summed E-state index contributed by atoms with van der Waals surface area (Å²) >= 11 is 1.56. The molecule has 2 aromatic rings. The van der Waals surface area contributed by atoms with Crippen LogP contribution >= 0.6 is 11.8 Å². The third kappa shape index (κ3) is 3.81. The minimum Gasteiger partial charge on any atom is -0.496 e. The van der Waals surface area contributed by atoms with Crippen LogP contribution in [0.15, 0.2) is 47.4 Å². The molecule has 2 aromatic carbocycles. The number of ether oxygens (including phenoxy) is 2. The molecule has 142 valence electrons. The van der Waals surface area contributed by atoms with E-state index in [1.54, 1.807) is 35.7 Å². The summed E-state index contributed by atoms with van der Waals surface area (Å²) in [5.74, 6) is -0.354. The molecule has 0 aliphatic carbocycles. The number of methoxy groups -OCH3 is 1. The summed E-state index contributed by atoms with van der Waals surface area (Å²) in [4.78, 5) is 28.3. The van der Waals surface area contributed by atoms with E-state index in [-0.39, 0.29) is 11.9 Å². The molecule has 0 saturated heterocycles. The summed E-state index contributed by atoms with van der Waals surface area (Å²) in [6.45, 7) is 3.60. The van der Waals surface area contributed by atoms with Crippen LogP contribution in [0.3, 0.4) is 0 Å². The van der Waals surface area contributed by atoms with Crippen molar-refractivity contribution < 1.29 is 19.1 Å². The molecule has 0 saturated carbocycles. The molecule has 0 radical (unpaired) electrons. The smallest absolute Gasteiger partial charge is 0.342 e. The lowest BCUT2D eigenvalue weighted by molar-refractivity contribution is -0.126. The summed E-state index contributed by atoms with van der Waals surface area (Å²) in [6.07, 6.45) is 1.85. The Bertz CT molecular complexity index is 867. The Balaban J connectivity index is 1.76. The Hall–Kier alpha value is -2.47. The van der Waals surface area contributed by atoms with Crippen LogP contribution in [0.2, 0.25) is 0 Å². The van der Waals surface area contributed by atoms with Crippen molar-refractivity contribution in [2.75, 3.05) is 18.3 Å². The zero-order valence-corrected chi connectivity index (χ0v) is 16.7. The molecule has 27 heavy (non-hydrogen) atoms. The molecule has 2 atom stereocenters. The minimum atomic E-state index is -0.893. The number of hydrogen-bond acceptors (Lipinski definition) is 5. The van der Waals surface area contributed by atoms with Gasteiger partial charge in [-0.05, 0) is 56.4 Å². The van der Waals surface area contributed by atoms with E-state index in [4.69, 9.17) is 9.47 Å². The molecule has 0 spiro atoms. The van der Waals surface area contributed by atoms with E-state index in [1.165, 1.54) is 7.11 Å². The topological polar surface area (TPSA) is 55.8 Å². The van der Waals surface area contributed by atoms with Crippen LogP contribution in [0.1, 0.15) is 29.8 Å². The first-order chi connectivity index (χ1) is 13.0. The number of nitrogens with zero attached hydrogens (tertiary/aromatic N) is 1. The zero-order chi connectivity index (χ0) is 19.6. The van der Waals surface area contributed by atoms with Crippen LogP contribution in [-0.4, -0.2) is 37.4 Å². The van der Waals surface area contributed by atoms with Gasteiger partial charge in [0.15, 0.2) is 6.10 Å². The number of esters is 1. The number of fused-ring (bicyclic) bond motifs is 1. The van der Waals surface area contributed by atoms with Gasteiger partial charge in [0, 0.05) is 16.6 Å². The van der Waals surface area contributed by atoms with Crippen LogP contribution in [0.25, 0.3) is 0 Å². The predicted molar refractivity (Wildman–Crippen MR) is 107 cm³/mol. The largest absolute Gasteiger partial charge is 0.496 e. The van der Waals surface area contributed by atoms with Gasteiger partial charge in [0.25, 0.3) is 5.91 Å². The normalized spacial score (nSPS) is 16.6. The highest BCUT2D eigenvalue weighted by atomic mass is 32.2. The SMILES string of the molecule is COc1cc(SC)ccc1C(=O)O[C@@H](C)C(=O)N1c2ccccc2C[C@H]1C. The fourth-order valence-corrected chi connectivity index (χ4v) is 3.77. The van der Waals surface area contributed by atoms with Gasteiger partial charge in [-0.3, -0.25) is 4.79 Å². The number of rotatable bonds is 5. The molecular formula is C21H23NO4S. The lowest BCUT2D eigenvalue weighted by Crippen LogP contribution is -2.43. The van der Waals surface area contributed by atoms with Crippen LogP contribution in [0, 0.1) is 0 Å². The van der Waals surface area contributed by atoms with Gasteiger partial charge < -0.3 is 14.4 Å². The lowest BCUT2D eigenvalue weighted by Gasteiger charge is -2.26. The summed E-state index contributed by atoms with van der Waals surface area (Å²) < 4.78 is 10.8. The fourth-order valence-electron chi connectivity index (χ4n) is 3.34. The van der Waals surface area contributed by atoms with E-state index in [0.717, 1.165) is 22.6 Å². The number of carbonyl (C=O) groups excluding carboxylic acids is 2. The van der Waals surface area contributed by atoms with Crippen molar-refractivity contribution in [1.29, 1.82) is 0 Å². The van der Waals surface area contributed by atoms with E-state index < -0.39 is 12.1 Å². The van der Waals surface area contributed by atoms with Gasteiger partial charge in [-0.25, -0.2) is 4.79 Å². The van der Waals surface area contributed by atoms with Crippen molar-refractivity contribution in [3.8, 4) is 5.75 Å². The number of hydrogen-bond donors (Lipinski definition) is 0. The third-order valence-electron chi connectivity index (χ3n) is 4.70. The Morgan fingerprint density at radius 1 is 1.22 bits per heavy atom. The molecule has 1 amide bonds. The van der Waals surface area contributed by atoms with Crippen molar-refractivity contribution in [1.82, 2.24) is 0 Å². The molecule has 1 aliphatic rings. The van der Waals surface area contributed by atoms with Crippen molar-refractivity contribution in [3.63, 3.8) is 0 Å². The number of thioether (sulfide) groups is 1. The summed E-state index contributed by atoms with van der Waals surface area (Å²) in [5.41, 5.74) is 2.33. The van der Waals surface area contributed by atoms with Gasteiger partial charge in [-0.1, -0.05) is 18.2 Å². The Morgan fingerprint density at radius 3 is 2.67 bits per heavy atom. The van der Waals surface area contributed by atoms with Crippen molar-refractivity contribution in [2.24, 2.45) is 0 Å². The zero-order valence-electron chi connectivity index (χ0n) is 15.9. The summed E-state index contributed by atoms with van der Waals surface area (Å²) in [5, 5.41) is 0. The van der Waals surface area contributed by atoms with Gasteiger partial charge in [-0.15, -0.1) is 11.8 Å². The Kier molecular flexibility index (Phi) is 5.75. The highest BCUT2D eigenvalue weighted by molar-refractivity contribution is 7.98. The van der Waals surface area contributed by atoms with Gasteiger partial charge in [0.1, 0.15) is 11.3 Å². The average Bonchev–Trinajstić information content (AvgIpc) is 3.02. The van der Waals surface area contributed by atoms with Crippen LogP contribution in [0.4, 0.5) is 5.69 Å². The predicted octanol–water partition coefficient (Wildman–Crippen LogP) is 3.94. The molecular weight excluding hydrogens is 362 g/mol. The molecule has 1 heterocycles. The van der Waals surface area contributed by atoms with E-state index in [9.17, 15) is 9.59 Å². The van der Waals surface area contributed by atoms with E-state index in [1.807, 2.05) is 43.5 Å². The molecule has 0 unspecified atom stereocenters. The van der Waals surface area contributed by atoms with Crippen LogP contribution in [0.5, 0.6) is 5.75 Å². The lowest BCUT2D eigenvalue weighted by atomic mass is 10.1. The fraction of sp³-hybridized carbons (Fsp3) is 0.333. The Morgan fingerprint density at radius 2 is 1.96 bits per heavy atom. The number of para-hydroxylation sites is 1. The molecule has 0 bridgehead atoms. The number of carbonyl (C=O) groups is 2. The third-order valence-corrected chi connectivity index (χ3v) is 5.43. The maximum Gasteiger partial charge on any atom is 0.342 e. The minimum absolute atomic E-state index is 0.0338. The highest BCUT2D eigenvalue weighted by Gasteiger charge is 2.34. The molecule has 0 fully saturated rings. The van der Waals surface area contributed by atoms with Crippen LogP contribution in [-0.2, 0) is 16.0 Å². The molecule has 0 aromatic heterocycles.